The molecule has 4 rings (SSSR count). The van der Waals surface area contributed by atoms with E-state index in [4.69, 9.17) is 27.9 Å². The van der Waals surface area contributed by atoms with Crippen molar-refractivity contribution in [2.45, 2.75) is 0 Å². The van der Waals surface area contributed by atoms with Crippen LogP contribution in [0.5, 0.6) is 5.75 Å². The monoisotopic (exact) mass is 443 g/mol. The normalized spacial score (nSPS) is 14.1. The number of rotatable bonds is 4. The van der Waals surface area contributed by atoms with Crippen molar-refractivity contribution in [1.29, 1.82) is 0 Å². The smallest absolute Gasteiger partial charge is 0.260 e. The first-order chi connectivity index (χ1) is 14.5. The van der Waals surface area contributed by atoms with Crippen molar-refractivity contribution in [2.24, 2.45) is 0 Å². The first-order valence-corrected chi connectivity index (χ1v) is 10.3. The summed E-state index contributed by atoms with van der Waals surface area (Å²) >= 11 is 12.2. The van der Waals surface area contributed by atoms with Gasteiger partial charge in [0.15, 0.2) is 6.61 Å². The van der Waals surface area contributed by atoms with Gasteiger partial charge in [-0.1, -0.05) is 29.3 Å². The van der Waals surface area contributed by atoms with E-state index in [1.54, 1.807) is 58.5 Å². The molecule has 0 bridgehead atoms. The van der Waals surface area contributed by atoms with Crippen molar-refractivity contribution >= 4 is 45.9 Å². The molecule has 30 heavy (non-hydrogen) atoms. The fourth-order valence-corrected chi connectivity index (χ4v) is 3.83. The topological polar surface area (TPSA) is 62.7 Å². The molecule has 0 radical (unpaired) electrons. The van der Waals surface area contributed by atoms with Crippen LogP contribution >= 0.6 is 23.2 Å². The zero-order valence-electron chi connectivity index (χ0n) is 16.1. The van der Waals surface area contributed by atoms with Crippen molar-refractivity contribution in [3.05, 3.63) is 70.3 Å². The van der Waals surface area contributed by atoms with Gasteiger partial charge in [0.25, 0.3) is 11.8 Å². The molecule has 0 N–H and O–H groups in total. The van der Waals surface area contributed by atoms with Crippen LogP contribution < -0.4 is 4.74 Å². The molecule has 0 spiro atoms. The molecule has 1 saturated heterocycles. The molecular weight excluding hydrogens is 425 g/mol. The van der Waals surface area contributed by atoms with E-state index in [0.29, 0.717) is 53.1 Å². The van der Waals surface area contributed by atoms with Crippen LogP contribution in [0.2, 0.25) is 10.0 Å². The Labute approximate surface area is 184 Å². The number of aromatic nitrogens is 1. The molecule has 0 aliphatic carbocycles. The van der Waals surface area contributed by atoms with Gasteiger partial charge in [-0.15, -0.1) is 0 Å². The van der Waals surface area contributed by atoms with Gasteiger partial charge in [0.1, 0.15) is 11.3 Å². The maximum Gasteiger partial charge on any atom is 0.260 e. The molecule has 6 nitrogen and oxygen atoms in total. The lowest BCUT2D eigenvalue weighted by Crippen LogP contribution is -2.51. The first-order valence-electron chi connectivity index (χ1n) is 9.51. The number of amides is 2. The Morgan fingerprint density at radius 2 is 1.73 bits per heavy atom. The lowest BCUT2D eigenvalue weighted by Gasteiger charge is -2.34. The quantitative estimate of drug-likeness (QED) is 0.613. The van der Waals surface area contributed by atoms with E-state index >= 15 is 0 Å². The number of ether oxygens (including phenoxy) is 1. The predicted octanol–water partition coefficient (Wildman–Crippen LogP) is 3.91. The van der Waals surface area contributed by atoms with Crippen LogP contribution in [0.25, 0.3) is 10.9 Å². The molecular formula is C22H19Cl2N3O3. The molecule has 2 aromatic carbocycles. The molecule has 1 aliphatic rings. The van der Waals surface area contributed by atoms with Crippen molar-refractivity contribution in [3.8, 4) is 5.75 Å². The lowest BCUT2D eigenvalue weighted by molar-refractivity contribution is -0.134. The standard InChI is InChI=1S/C22H19Cl2N3O3/c23-16-4-1-3-15(13-16)22(29)27-11-9-26(10-12-27)20(28)14-30-19-7-6-18(24)17-5-2-8-25-21(17)19/h1-8,13H,9-12,14H2. The molecule has 2 heterocycles. The minimum absolute atomic E-state index is 0.0837. The Morgan fingerprint density at radius 3 is 2.50 bits per heavy atom. The average Bonchev–Trinajstić information content (AvgIpc) is 2.78. The van der Waals surface area contributed by atoms with Crippen LogP contribution in [0, 0.1) is 0 Å². The van der Waals surface area contributed by atoms with Crippen LogP contribution in [0.4, 0.5) is 0 Å². The summed E-state index contributed by atoms with van der Waals surface area (Å²) in [5, 5.41) is 1.88. The fourth-order valence-electron chi connectivity index (χ4n) is 3.42. The number of hydrogen-bond donors (Lipinski definition) is 0. The zero-order valence-corrected chi connectivity index (χ0v) is 17.6. The lowest BCUT2D eigenvalue weighted by atomic mass is 10.2. The summed E-state index contributed by atoms with van der Waals surface area (Å²) in [6.45, 7) is 1.73. The van der Waals surface area contributed by atoms with E-state index in [1.165, 1.54) is 0 Å². The Morgan fingerprint density at radius 1 is 0.967 bits per heavy atom. The molecule has 154 valence electrons. The summed E-state index contributed by atoms with van der Waals surface area (Å²) in [6, 6.07) is 14.0. The number of hydrogen-bond acceptors (Lipinski definition) is 4. The molecule has 0 unspecified atom stereocenters. The van der Waals surface area contributed by atoms with Gasteiger partial charge in [0.05, 0.1) is 5.02 Å². The van der Waals surface area contributed by atoms with Gasteiger partial charge in [0, 0.05) is 48.3 Å². The van der Waals surface area contributed by atoms with Crippen LogP contribution in [-0.2, 0) is 4.79 Å². The molecule has 1 aromatic heterocycles. The summed E-state index contributed by atoms with van der Waals surface area (Å²) in [5.74, 6) is 0.293. The van der Waals surface area contributed by atoms with Crippen LogP contribution in [-0.4, -0.2) is 59.4 Å². The number of carbonyl (C=O) groups is 2. The highest BCUT2D eigenvalue weighted by molar-refractivity contribution is 6.35. The summed E-state index contributed by atoms with van der Waals surface area (Å²) in [5.41, 5.74) is 1.17. The van der Waals surface area contributed by atoms with Gasteiger partial charge >= 0.3 is 0 Å². The van der Waals surface area contributed by atoms with Crippen LogP contribution in [0.3, 0.4) is 0 Å². The highest BCUT2D eigenvalue weighted by atomic mass is 35.5. The Balaban J connectivity index is 1.34. The predicted molar refractivity (Wildman–Crippen MR) is 116 cm³/mol. The van der Waals surface area contributed by atoms with Crippen molar-refractivity contribution in [2.75, 3.05) is 32.8 Å². The van der Waals surface area contributed by atoms with Crippen molar-refractivity contribution in [3.63, 3.8) is 0 Å². The molecule has 1 fully saturated rings. The summed E-state index contributed by atoms with van der Waals surface area (Å²) in [6.07, 6.45) is 1.66. The second-order valence-corrected chi connectivity index (χ2v) is 7.76. The van der Waals surface area contributed by atoms with Crippen molar-refractivity contribution < 1.29 is 14.3 Å². The third kappa shape index (κ3) is 4.35. The Hall–Kier alpha value is -2.83. The average molecular weight is 444 g/mol. The Kier molecular flexibility index (Phi) is 6.06. The summed E-state index contributed by atoms with van der Waals surface area (Å²) in [7, 11) is 0. The number of halogens is 2. The molecule has 1 aliphatic heterocycles. The number of carbonyl (C=O) groups excluding carboxylic acids is 2. The Bertz CT molecular complexity index is 1100. The summed E-state index contributed by atoms with van der Waals surface area (Å²) in [4.78, 5) is 33.0. The van der Waals surface area contributed by atoms with E-state index in [9.17, 15) is 9.59 Å². The number of pyridine rings is 1. The molecule has 0 atom stereocenters. The highest BCUT2D eigenvalue weighted by Crippen LogP contribution is 2.29. The number of benzene rings is 2. The number of fused-ring (bicyclic) bond motifs is 1. The molecule has 2 amide bonds. The van der Waals surface area contributed by atoms with E-state index in [0.717, 1.165) is 5.39 Å². The fraction of sp³-hybridized carbons (Fsp3) is 0.227. The minimum atomic E-state index is -0.135. The van der Waals surface area contributed by atoms with Gasteiger partial charge in [-0.05, 0) is 42.5 Å². The van der Waals surface area contributed by atoms with Crippen LogP contribution in [0.15, 0.2) is 54.7 Å². The van der Waals surface area contributed by atoms with Crippen LogP contribution in [0.1, 0.15) is 10.4 Å². The second-order valence-electron chi connectivity index (χ2n) is 6.92. The maximum absolute atomic E-state index is 12.6. The van der Waals surface area contributed by atoms with E-state index in [1.807, 2.05) is 6.07 Å². The third-order valence-electron chi connectivity index (χ3n) is 5.02. The first kappa shape index (κ1) is 20.4. The van der Waals surface area contributed by atoms with Gasteiger partial charge in [-0.2, -0.15) is 0 Å². The van der Waals surface area contributed by atoms with E-state index in [-0.39, 0.29) is 18.4 Å². The zero-order chi connectivity index (χ0) is 21.1. The number of nitrogens with zero attached hydrogens (tertiary/aromatic N) is 3. The van der Waals surface area contributed by atoms with Gasteiger partial charge in [-0.3, -0.25) is 14.6 Å². The maximum atomic E-state index is 12.6. The molecule has 3 aromatic rings. The van der Waals surface area contributed by atoms with E-state index < -0.39 is 0 Å². The highest BCUT2D eigenvalue weighted by Gasteiger charge is 2.25. The van der Waals surface area contributed by atoms with Gasteiger partial charge in [0.2, 0.25) is 0 Å². The molecule has 8 heteroatoms. The van der Waals surface area contributed by atoms with Gasteiger partial charge < -0.3 is 14.5 Å². The molecule has 0 saturated carbocycles. The van der Waals surface area contributed by atoms with Gasteiger partial charge in [-0.25, -0.2) is 0 Å². The third-order valence-corrected chi connectivity index (χ3v) is 5.59. The number of piperazine rings is 1. The van der Waals surface area contributed by atoms with E-state index in [2.05, 4.69) is 4.98 Å². The SMILES string of the molecule is O=C(COc1ccc(Cl)c2cccnc12)N1CCN(C(=O)c2cccc(Cl)c2)CC1. The van der Waals surface area contributed by atoms with Crippen molar-refractivity contribution in [1.82, 2.24) is 14.8 Å². The second kappa shape index (κ2) is 8.90. The minimum Gasteiger partial charge on any atom is -0.481 e. The summed E-state index contributed by atoms with van der Waals surface area (Å²) < 4.78 is 5.74. The largest absolute Gasteiger partial charge is 0.481 e.